The quantitative estimate of drug-likeness (QED) is 0.767. The van der Waals surface area contributed by atoms with E-state index in [0.29, 0.717) is 6.54 Å². The Balaban J connectivity index is 0.00000220. The molecule has 2 N–H and O–H groups in total. The molecule has 1 aliphatic rings. The van der Waals surface area contributed by atoms with Gasteiger partial charge in [-0.1, -0.05) is 28.1 Å². The van der Waals surface area contributed by atoms with Gasteiger partial charge >= 0.3 is 0 Å². The van der Waals surface area contributed by atoms with E-state index in [1.807, 2.05) is 12.1 Å². The predicted molar refractivity (Wildman–Crippen MR) is 92.9 cm³/mol. The summed E-state index contributed by atoms with van der Waals surface area (Å²) in [7, 11) is 0. The zero-order valence-electron chi connectivity index (χ0n) is 12.6. The largest absolute Gasteiger partial charge is 0.350 e. The third-order valence-electron chi connectivity index (χ3n) is 3.45. The molecule has 2 rings (SSSR count). The summed E-state index contributed by atoms with van der Waals surface area (Å²) in [5, 5.41) is 6.32. The smallest absolute Gasteiger partial charge is 0.234 e. The molecule has 5 heteroatoms. The Bertz CT molecular complexity index is 458. The summed E-state index contributed by atoms with van der Waals surface area (Å²) >= 11 is 3.43. The van der Waals surface area contributed by atoms with Gasteiger partial charge in [-0.15, -0.1) is 12.4 Å². The number of rotatable bonds is 7. The maximum absolute atomic E-state index is 11.9. The molecule has 0 saturated heterocycles. The molecule has 3 nitrogen and oxygen atoms in total. The molecule has 1 saturated carbocycles. The third kappa shape index (κ3) is 7.30. The van der Waals surface area contributed by atoms with Crippen molar-refractivity contribution < 1.29 is 4.79 Å². The zero-order valence-corrected chi connectivity index (χ0v) is 15.0. The van der Waals surface area contributed by atoms with Gasteiger partial charge in [0.1, 0.15) is 0 Å². The Morgan fingerprint density at radius 2 is 1.90 bits per heavy atom. The van der Waals surface area contributed by atoms with Crippen molar-refractivity contribution in [2.45, 2.75) is 38.6 Å². The van der Waals surface area contributed by atoms with Gasteiger partial charge in [-0.3, -0.25) is 4.79 Å². The number of hydrogen-bond acceptors (Lipinski definition) is 2. The fourth-order valence-corrected chi connectivity index (χ4v) is 2.55. The molecule has 1 amide bonds. The minimum atomic E-state index is -0.230. The average Bonchev–Trinajstić information content (AvgIpc) is 3.15. The molecule has 0 heterocycles. The lowest BCUT2D eigenvalue weighted by Crippen LogP contribution is -2.48. The Kier molecular flexibility index (Phi) is 7.17. The van der Waals surface area contributed by atoms with E-state index in [2.05, 4.69) is 52.5 Å². The first-order chi connectivity index (χ1) is 9.44. The average molecular weight is 376 g/mol. The van der Waals surface area contributed by atoms with Gasteiger partial charge in [-0.05, 0) is 63.3 Å². The number of hydrogen-bond donors (Lipinski definition) is 2. The second-order valence-electron chi connectivity index (χ2n) is 6.31. The lowest BCUT2D eigenvalue weighted by Gasteiger charge is -2.26. The minimum absolute atomic E-state index is 0. The first-order valence-electron chi connectivity index (χ1n) is 7.21. The Morgan fingerprint density at radius 3 is 2.48 bits per heavy atom. The fourth-order valence-electron chi connectivity index (χ4n) is 2.29. The number of carbonyl (C=O) groups excluding carboxylic acids is 1. The van der Waals surface area contributed by atoms with Crippen LogP contribution in [0.2, 0.25) is 0 Å². The number of carbonyl (C=O) groups is 1. The van der Waals surface area contributed by atoms with Crippen molar-refractivity contribution in [1.29, 1.82) is 0 Å². The van der Waals surface area contributed by atoms with Crippen LogP contribution in [0.4, 0.5) is 0 Å². The molecule has 1 aromatic carbocycles. The van der Waals surface area contributed by atoms with Gasteiger partial charge < -0.3 is 10.6 Å². The Morgan fingerprint density at radius 1 is 1.29 bits per heavy atom. The van der Waals surface area contributed by atoms with E-state index < -0.39 is 0 Å². The fraction of sp³-hybridized carbons (Fsp3) is 0.562. The summed E-state index contributed by atoms with van der Waals surface area (Å²) in [6.45, 7) is 5.52. The van der Waals surface area contributed by atoms with Crippen LogP contribution in [0.5, 0.6) is 0 Å². The van der Waals surface area contributed by atoms with Crippen LogP contribution >= 0.6 is 28.3 Å². The monoisotopic (exact) mass is 374 g/mol. The molecule has 118 valence electrons. The lowest BCUT2D eigenvalue weighted by atomic mass is 9.95. The molecule has 1 aromatic rings. The minimum Gasteiger partial charge on any atom is -0.350 e. The van der Waals surface area contributed by atoms with Crippen molar-refractivity contribution in [3.8, 4) is 0 Å². The molecule has 0 aromatic heterocycles. The van der Waals surface area contributed by atoms with Crippen molar-refractivity contribution in [1.82, 2.24) is 10.6 Å². The van der Waals surface area contributed by atoms with Gasteiger partial charge in [0.15, 0.2) is 0 Å². The molecule has 0 atom stereocenters. The van der Waals surface area contributed by atoms with Crippen LogP contribution in [-0.2, 0) is 11.2 Å². The van der Waals surface area contributed by atoms with Crippen molar-refractivity contribution in [3.05, 3.63) is 34.3 Å². The van der Waals surface area contributed by atoms with Gasteiger partial charge in [0.05, 0.1) is 6.54 Å². The van der Waals surface area contributed by atoms with Crippen LogP contribution in [0.3, 0.4) is 0 Å². The van der Waals surface area contributed by atoms with Crippen LogP contribution < -0.4 is 10.6 Å². The molecule has 1 fully saturated rings. The highest BCUT2D eigenvalue weighted by Crippen LogP contribution is 2.27. The molecular formula is C16H24BrClN2O. The van der Waals surface area contributed by atoms with E-state index in [0.717, 1.165) is 23.4 Å². The number of benzene rings is 1. The summed E-state index contributed by atoms with van der Waals surface area (Å²) in [6.07, 6.45) is 3.45. The van der Waals surface area contributed by atoms with E-state index in [1.54, 1.807) is 0 Å². The van der Waals surface area contributed by atoms with Crippen molar-refractivity contribution in [3.63, 3.8) is 0 Å². The summed E-state index contributed by atoms with van der Waals surface area (Å²) in [5.41, 5.74) is 0.996. The van der Waals surface area contributed by atoms with E-state index in [-0.39, 0.29) is 23.9 Å². The molecule has 21 heavy (non-hydrogen) atoms. The van der Waals surface area contributed by atoms with E-state index >= 15 is 0 Å². The predicted octanol–water partition coefficient (Wildman–Crippen LogP) is 3.31. The second kappa shape index (κ2) is 8.16. The molecular weight excluding hydrogens is 352 g/mol. The molecule has 0 aliphatic heterocycles. The van der Waals surface area contributed by atoms with E-state index in [1.165, 1.54) is 18.4 Å². The Labute approximate surface area is 141 Å². The van der Waals surface area contributed by atoms with E-state index in [4.69, 9.17) is 0 Å². The zero-order chi connectivity index (χ0) is 14.6. The maximum Gasteiger partial charge on any atom is 0.234 e. The number of amides is 1. The summed E-state index contributed by atoms with van der Waals surface area (Å²) in [4.78, 5) is 11.9. The van der Waals surface area contributed by atoms with Gasteiger partial charge in [-0.25, -0.2) is 0 Å². The maximum atomic E-state index is 11.9. The van der Waals surface area contributed by atoms with Gasteiger partial charge in [0.25, 0.3) is 0 Å². The first kappa shape index (κ1) is 18.5. The van der Waals surface area contributed by atoms with Crippen LogP contribution in [0.25, 0.3) is 0 Å². The Hall–Kier alpha value is -0.580. The van der Waals surface area contributed by atoms with E-state index in [9.17, 15) is 4.79 Å². The molecule has 0 unspecified atom stereocenters. The summed E-state index contributed by atoms with van der Waals surface area (Å²) < 4.78 is 1.08. The van der Waals surface area contributed by atoms with Gasteiger partial charge in [0.2, 0.25) is 5.91 Å². The SMILES string of the molecule is CC(C)(Cc1ccc(Br)cc1)NC(=O)CNCC1CC1.Cl. The van der Waals surface area contributed by atoms with Gasteiger partial charge in [0, 0.05) is 10.0 Å². The standard InChI is InChI=1S/C16H23BrN2O.ClH/c1-16(2,9-12-5-7-14(17)8-6-12)19-15(20)11-18-10-13-3-4-13;/h5-8,13,18H,3-4,9-11H2,1-2H3,(H,19,20);1H. The highest BCUT2D eigenvalue weighted by atomic mass is 79.9. The lowest BCUT2D eigenvalue weighted by molar-refractivity contribution is -0.121. The van der Waals surface area contributed by atoms with Gasteiger partial charge in [-0.2, -0.15) is 0 Å². The first-order valence-corrected chi connectivity index (χ1v) is 8.00. The van der Waals surface area contributed by atoms with Crippen LogP contribution in [0.15, 0.2) is 28.7 Å². The topological polar surface area (TPSA) is 41.1 Å². The molecule has 1 aliphatic carbocycles. The summed E-state index contributed by atoms with van der Waals surface area (Å²) in [5.74, 6) is 0.881. The number of nitrogens with one attached hydrogen (secondary N) is 2. The molecule has 0 radical (unpaired) electrons. The van der Waals surface area contributed by atoms with Crippen molar-refractivity contribution in [2.24, 2.45) is 5.92 Å². The highest BCUT2D eigenvalue weighted by molar-refractivity contribution is 9.10. The van der Waals surface area contributed by atoms with Crippen LogP contribution in [0, 0.1) is 5.92 Å². The normalized spacial score (nSPS) is 14.4. The second-order valence-corrected chi connectivity index (χ2v) is 7.23. The highest BCUT2D eigenvalue weighted by Gasteiger charge is 2.23. The third-order valence-corrected chi connectivity index (χ3v) is 3.98. The molecule has 0 spiro atoms. The summed E-state index contributed by atoms with van der Waals surface area (Å²) in [6, 6.07) is 8.24. The van der Waals surface area contributed by atoms with Crippen LogP contribution in [-0.4, -0.2) is 24.5 Å². The van der Waals surface area contributed by atoms with Crippen LogP contribution in [0.1, 0.15) is 32.3 Å². The number of halogens is 2. The van der Waals surface area contributed by atoms with Crippen molar-refractivity contribution >= 4 is 34.2 Å². The van der Waals surface area contributed by atoms with Crippen molar-refractivity contribution in [2.75, 3.05) is 13.1 Å². The molecule has 0 bridgehead atoms.